The van der Waals surface area contributed by atoms with Crippen molar-refractivity contribution in [3.05, 3.63) is 16.7 Å². The van der Waals surface area contributed by atoms with Gasteiger partial charge >= 0.3 is 6.09 Å². The Balaban J connectivity index is 1.88. The van der Waals surface area contributed by atoms with Gasteiger partial charge in [-0.25, -0.2) is 9.78 Å². The topological polar surface area (TPSA) is 80.5 Å². The average Bonchev–Trinajstić information content (AvgIpc) is 2.40. The van der Waals surface area contributed by atoms with E-state index in [-0.39, 0.29) is 12.1 Å². The number of hydrogen-bond donors (Lipinski definition) is 2. The Morgan fingerprint density at radius 2 is 2.09 bits per heavy atom. The molecule has 1 aliphatic heterocycles. The molecular weight excluding hydrogens is 348 g/mol. The maximum absolute atomic E-state index is 11.8. The van der Waals surface area contributed by atoms with Crippen molar-refractivity contribution in [3.63, 3.8) is 0 Å². The number of rotatable bonds is 2. The maximum atomic E-state index is 11.8. The van der Waals surface area contributed by atoms with Crippen LogP contribution in [0.4, 0.5) is 16.3 Å². The van der Waals surface area contributed by atoms with Crippen molar-refractivity contribution in [2.75, 3.05) is 23.7 Å². The molecule has 2 heterocycles. The predicted molar refractivity (Wildman–Crippen MR) is 91.0 cm³/mol. The van der Waals surface area contributed by atoms with Crippen LogP contribution in [0.2, 0.25) is 0 Å². The van der Waals surface area contributed by atoms with Gasteiger partial charge in [0.05, 0.1) is 10.2 Å². The quantitative estimate of drug-likeness (QED) is 0.836. The molecule has 1 amide bonds. The number of ether oxygens (including phenoxy) is 1. The molecule has 0 unspecified atom stereocenters. The van der Waals surface area contributed by atoms with Gasteiger partial charge in [0.2, 0.25) is 0 Å². The van der Waals surface area contributed by atoms with E-state index in [9.17, 15) is 4.79 Å². The monoisotopic (exact) mass is 370 g/mol. The minimum absolute atomic E-state index is 0.143. The minimum atomic E-state index is -0.468. The van der Waals surface area contributed by atoms with Crippen LogP contribution in [-0.2, 0) is 4.74 Å². The standard InChI is InChI=1S/C15H23BrN4O2/c1-15(2,3)22-14(21)19-10-4-6-20(7-5-10)12-8-13(17)18-9-11(12)16/h8-10H,4-7H2,1-3H3,(H2,17,18)(H,19,21). The Morgan fingerprint density at radius 1 is 1.45 bits per heavy atom. The summed E-state index contributed by atoms with van der Waals surface area (Å²) in [7, 11) is 0. The third-order valence-electron chi connectivity index (χ3n) is 3.41. The number of alkyl carbamates (subject to hydrolysis) is 1. The molecule has 122 valence electrons. The van der Waals surface area contributed by atoms with Crippen LogP contribution < -0.4 is 16.0 Å². The summed E-state index contributed by atoms with van der Waals surface area (Å²) in [5.74, 6) is 0.507. The minimum Gasteiger partial charge on any atom is -0.444 e. The van der Waals surface area contributed by atoms with Gasteiger partial charge in [-0.1, -0.05) is 0 Å². The highest BCUT2D eigenvalue weighted by Crippen LogP contribution is 2.29. The molecule has 2 rings (SSSR count). The number of halogens is 1. The lowest BCUT2D eigenvalue weighted by Crippen LogP contribution is -2.46. The highest BCUT2D eigenvalue weighted by molar-refractivity contribution is 9.10. The zero-order valence-electron chi connectivity index (χ0n) is 13.2. The maximum Gasteiger partial charge on any atom is 0.407 e. The van der Waals surface area contributed by atoms with Crippen LogP contribution in [-0.4, -0.2) is 35.8 Å². The fraction of sp³-hybridized carbons (Fsp3) is 0.600. The van der Waals surface area contributed by atoms with Gasteiger partial charge in [-0.15, -0.1) is 0 Å². The molecule has 0 saturated carbocycles. The van der Waals surface area contributed by atoms with Gasteiger partial charge in [-0.3, -0.25) is 0 Å². The summed E-state index contributed by atoms with van der Waals surface area (Å²) < 4.78 is 6.22. The van der Waals surface area contributed by atoms with Crippen molar-refractivity contribution in [1.29, 1.82) is 0 Å². The van der Waals surface area contributed by atoms with Gasteiger partial charge in [0.1, 0.15) is 11.4 Å². The molecule has 0 bridgehead atoms. The number of piperidine rings is 1. The summed E-state index contributed by atoms with van der Waals surface area (Å²) >= 11 is 3.50. The van der Waals surface area contributed by atoms with E-state index in [4.69, 9.17) is 10.5 Å². The molecule has 0 spiro atoms. The molecule has 6 nitrogen and oxygen atoms in total. The first kappa shape index (κ1) is 16.9. The second-order valence-corrected chi connectivity index (χ2v) is 7.32. The molecule has 1 fully saturated rings. The second-order valence-electron chi connectivity index (χ2n) is 6.47. The highest BCUT2D eigenvalue weighted by Gasteiger charge is 2.24. The number of anilines is 2. The summed E-state index contributed by atoms with van der Waals surface area (Å²) in [6, 6.07) is 2.01. The first-order chi connectivity index (χ1) is 10.2. The molecule has 1 aromatic heterocycles. The summed E-state index contributed by atoms with van der Waals surface area (Å²) in [5, 5.41) is 2.94. The molecule has 0 atom stereocenters. The number of nitrogen functional groups attached to an aromatic ring is 1. The largest absolute Gasteiger partial charge is 0.444 e. The van der Waals surface area contributed by atoms with Gasteiger partial charge in [0, 0.05) is 31.4 Å². The van der Waals surface area contributed by atoms with Gasteiger partial charge in [-0.2, -0.15) is 0 Å². The zero-order chi connectivity index (χ0) is 16.3. The van der Waals surface area contributed by atoms with Crippen LogP contribution in [0.5, 0.6) is 0 Å². The second kappa shape index (κ2) is 6.73. The molecule has 1 saturated heterocycles. The van der Waals surface area contributed by atoms with Crippen molar-refractivity contribution in [2.24, 2.45) is 0 Å². The number of pyridine rings is 1. The fourth-order valence-corrected chi connectivity index (χ4v) is 2.89. The molecule has 22 heavy (non-hydrogen) atoms. The molecule has 0 radical (unpaired) electrons. The van der Waals surface area contributed by atoms with E-state index in [2.05, 4.69) is 31.1 Å². The smallest absolute Gasteiger partial charge is 0.407 e. The number of nitrogens with two attached hydrogens (primary N) is 1. The number of nitrogens with one attached hydrogen (secondary N) is 1. The van der Waals surface area contributed by atoms with Crippen molar-refractivity contribution < 1.29 is 9.53 Å². The van der Waals surface area contributed by atoms with E-state index in [1.807, 2.05) is 26.8 Å². The Hall–Kier alpha value is -1.50. The molecule has 1 aromatic rings. The summed E-state index contributed by atoms with van der Waals surface area (Å²) in [5.41, 5.74) is 6.33. The normalized spacial score (nSPS) is 16.5. The lowest BCUT2D eigenvalue weighted by molar-refractivity contribution is 0.0497. The van der Waals surface area contributed by atoms with Crippen LogP contribution in [0, 0.1) is 0 Å². The number of carbonyl (C=O) groups excluding carboxylic acids is 1. The number of nitrogens with zero attached hydrogens (tertiary/aromatic N) is 2. The van der Waals surface area contributed by atoms with Gasteiger partial charge in [0.25, 0.3) is 0 Å². The lowest BCUT2D eigenvalue weighted by atomic mass is 10.0. The SMILES string of the molecule is CC(C)(C)OC(=O)NC1CCN(c2cc(N)ncc2Br)CC1. The van der Waals surface area contributed by atoms with Crippen molar-refractivity contribution in [2.45, 2.75) is 45.3 Å². The van der Waals surface area contributed by atoms with E-state index in [1.165, 1.54) is 0 Å². The van der Waals surface area contributed by atoms with E-state index in [0.29, 0.717) is 5.82 Å². The third-order valence-corrected chi connectivity index (χ3v) is 4.02. The third kappa shape index (κ3) is 4.76. The van der Waals surface area contributed by atoms with Gasteiger partial charge < -0.3 is 20.7 Å². The van der Waals surface area contributed by atoms with E-state index in [0.717, 1.165) is 36.1 Å². The Morgan fingerprint density at radius 3 is 2.68 bits per heavy atom. The van der Waals surface area contributed by atoms with E-state index < -0.39 is 5.60 Å². The summed E-state index contributed by atoms with van der Waals surface area (Å²) in [6.07, 6.45) is 3.11. The predicted octanol–water partition coefficient (Wildman–Crippen LogP) is 2.92. The fourth-order valence-electron chi connectivity index (χ4n) is 2.42. The average molecular weight is 371 g/mol. The summed E-state index contributed by atoms with van der Waals surface area (Å²) in [6.45, 7) is 7.28. The first-order valence-electron chi connectivity index (χ1n) is 7.40. The number of carbonyl (C=O) groups is 1. The van der Waals surface area contributed by atoms with E-state index in [1.54, 1.807) is 6.20 Å². The zero-order valence-corrected chi connectivity index (χ0v) is 14.8. The molecule has 1 aliphatic rings. The number of hydrogen-bond acceptors (Lipinski definition) is 5. The van der Waals surface area contributed by atoms with Crippen molar-refractivity contribution in [1.82, 2.24) is 10.3 Å². The number of amides is 1. The number of aromatic nitrogens is 1. The molecule has 0 aliphatic carbocycles. The van der Waals surface area contributed by atoms with Gasteiger partial charge in [-0.05, 0) is 49.5 Å². The lowest BCUT2D eigenvalue weighted by Gasteiger charge is -2.34. The Kier molecular flexibility index (Phi) is 5.16. The molecule has 0 aromatic carbocycles. The Labute approximate surface area is 139 Å². The summed E-state index contributed by atoms with van der Waals surface area (Å²) in [4.78, 5) is 18.1. The van der Waals surface area contributed by atoms with Crippen LogP contribution >= 0.6 is 15.9 Å². The van der Waals surface area contributed by atoms with E-state index >= 15 is 0 Å². The Bertz CT molecular complexity index is 537. The van der Waals surface area contributed by atoms with Crippen LogP contribution in [0.15, 0.2) is 16.7 Å². The van der Waals surface area contributed by atoms with Crippen LogP contribution in [0.3, 0.4) is 0 Å². The molecule has 7 heteroatoms. The van der Waals surface area contributed by atoms with Gasteiger partial charge in [0.15, 0.2) is 0 Å². The highest BCUT2D eigenvalue weighted by atomic mass is 79.9. The first-order valence-corrected chi connectivity index (χ1v) is 8.19. The van der Waals surface area contributed by atoms with Crippen LogP contribution in [0.25, 0.3) is 0 Å². The van der Waals surface area contributed by atoms with Crippen molar-refractivity contribution >= 4 is 33.5 Å². The molecule has 3 N–H and O–H groups in total. The van der Waals surface area contributed by atoms with Crippen molar-refractivity contribution in [3.8, 4) is 0 Å². The molecular formula is C15H23BrN4O2. The van der Waals surface area contributed by atoms with Crippen LogP contribution in [0.1, 0.15) is 33.6 Å².